The molecule has 2 rings (SSSR count). The summed E-state index contributed by atoms with van der Waals surface area (Å²) in [4.78, 5) is 19.9. The normalized spacial score (nSPS) is 11.1. The fourth-order valence-corrected chi connectivity index (χ4v) is 2.73. The number of carbonyl (C=O) groups excluding carboxylic acids is 1. The lowest BCUT2D eigenvalue weighted by Gasteiger charge is -2.08. The maximum Gasteiger partial charge on any atom is 0.275 e. The number of sulfone groups is 1. The molecule has 7 nitrogen and oxygen atoms in total. The molecule has 1 N–H and O–H groups in total. The van der Waals surface area contributed by atoms with Crippen molar-refractivity contribution in [2.45, 2.75) is 12.1 Å². The summed E-state index contributed by atoms with van der Waals surface area (Å²) in [6.07, 6.45) is 1.25. The molecule has 0 atom stereocenters. The van der Waals surface area contributed by atoms with Crippen molar-refractivity contribution in [3.05, 3.63) is 40.6 Å². The lowest BCUT2D eigenvalue weighted by Crippen LogP contribution is -2.18. The summed E-state index contributed by atoms with van der Waals surface area (Å²) in [6, 6.07) is 6.71. The Hall–Kier alpha value is -2.00. The van der Waals surface area contributed by atoms with E-state index in [1.165, 1.54) is 13.1 Å². The number of rotatable bonds is 5. The lowest BCUT2D eigenvalue weighted by atomic mass is 10.3. The maximum atomic E-state index is 12.3. The number of methoxy groups -OCH3 is 1. The van der Waals surface area contributed by atoms with Gasteiger partial charge in [-0.25, -0.2) is 18.4 Å². The fraction of sp³-hybridized carbons (Fsp3) is 0.214. The first-order valence-electron chi connectivity index (χ1n) is 6.58. The van der Waals surface area contributed by atoms with Crippen LogP contribution < -0.4 is 10.1 Å². The predicted octanol–water partition coefficient (Wildman–Crippen LogP) is 2.29. The Morgan fingerprint density at radius 3 is 2.52 bits per heavy atom. The zero-order chi connectivity index (χ0) is 17.0. The van der Waals surface area contributed by atoms with Crippen molar-refractivity contribution in [2.24, 2.45) is 0 Å². The summed E-state index contributed by atoms with van der Waals surface area (Å²) < 4.78 is 29.0. The van der Waals surface area contributed by atoms with Gasteiger partial charge in [-0.15, -0.1) is 0 Å². The zero-order valence-corrected chi connectivity index (χ0v) is 14.8. The Bertz CT molecular complexity index is 822. The molecule has 0 aliphatic carbocycles. The van der Waals surface area contributed by atoms with Crippen molar-refractivity contribution in [3.8, 4) is 5.75 Å². The van der Waals surface area contributed by atoms with Gasteiger partial charge in [-0.2, -0.15) is 0 Å². The molecule has 0 saturated carbocycles. The summed E-state index contributed by atoms with van der Waals surface area (Å²) in [7, 11) is -2.05. The SMILES string of the molecule is CCS(=O)(=O)c1ncc(Br)c(C(=O)Nc2ccc(OC)cc2)n1. The molecule has 0 unspecified atom stereocenters. The molecule has 23 heavy (non-hydrogen) atoms. The highest BCUT2D eigenvalue weighted by atomic mass is 79.9. The van der Waals surface area contributed by atoms with Crippen LogP contribution >= 0.6 is 15.9 Å². The minimum absolute atomic E-state index is 0.0529. The van der Waals surface area contributed by atoms with Crippen LogP contribution in [-0.2, 0) is 9.84 Å². The zero-order valence-electron chi connectivity index (χ0n) is 12.4. The number of benzene rings is 1. The molecule has 2 aromatic rings. The minimum Gasteiger partial charge on any atom is -0.497 e. The van der Waals surface area contributed by atoms with Crippen LogP contribution in [0.2, 0.25) is 0 Å². The van der Waals surface area contributed by atoms with E-state index in [1.54, 1.807) is 31.4 Å². The standard InChI is InChI=1S/C14H14BrN3O4S/c1-3-23(20,21)14-16-8-11(15)12(18-14)13(19)17-9-4-6-10(22-2)7-5-9/h4-8H,3H2,1-2H3,(H,17,19). The van der Waals surface area contributed by atoms with Crippen molar-refractivity contribution in [1.29, 1.82) is 0 Å². The summed E-state index contributed by atoms with van der Waals surface area (Å²) in [5.41, 5.74) is 0.476. The summed E-state index contributed by atoms with van der Waals surface area (Å²) >= 11 is 3.16. The maximum absolute atomic E-state index is 12.3. The average molecular weight is 400 g/mol. The monoisotopic (exact) mass is 399 g/mol. The van der Waals surface area contributed by atoms with E-state index in [0.29, 0.717) is 15.9 Å². The molecule has 9 heteroatoms. The van der Waals surface area contributed by atoms with Crippen molar-refractivity contribution in [3.63, 3.8) is 0 Å². The van der Waals surface area contributed by atoms with Crippen LogP contribution in [0.25, 0.3) is 0 Å². The van der Waals surface area contributed by atoms with Gasteiger partial charge >= 0.3 is 0 Å². The van der Waals surface area contributed by atoms with Crippen molar-refractivity contribution in [1.82, 2.24) is 9.97 Å². The van der Waals surface area contributed by atoms with Crippen LogP contribution in [0.1, 0.15) is 17.4 Å². The van der Waals surface area contributed by atoms with Gasteiger partial charge in [0.2, 0.25) is 15.0 Å². The van der Waals surface area contributed by atoms with E-state index in [0.717, 1.165) is 0 Å². The number of anilines is 1. The summed E-state index contributed by atoms with van der Waals surface area (Å²) in [6.45, 7) is 1.48. The summed E-state index contributed by atoms with van der Waals surface area (Å²) in [5, 5.41) is 2.27. The van der Waals surface area contributed by atoms with Crippen LogP contribution in [0.4, 0.5) is 5.69 Å². The van der Waals surface area contributed by atoms with Crippen LogP contribution in [0.15, 0.2) is 40.1 Å². The van der Waals surface area contributed by atoms with Gasteiger partial charge in [0, 0.05) is 11.9 Å². The third-order valence-corrected chi connectivity index (χ3v) is 5.04. The van der Waals surface area contributed by atoms with Crippen LogP contribution in [0, 0.1) is 0 Å². The smallest absolute Gasteiger partial charge is 0.275 e. The topological polar surface area (TPSA) is 98.2 Å². The van der Waals surface area contributed by atoms with Crippen molar-refractivity contribution in [2.75, 3.05) is 18.2 Å². The Labute approximate surface area is 142 Å². The number of ether oxygens (including phenoxy) is 1. The molecule has 1 amide bonds. The molecule has 0 aliphatic heterocycles. The number of carbonyl (C=O) groups is 1. The number of nitrogens with zero attached hydrogens (tertiary/aromatic N) is 2. The number of hydrogen-bond donors (Lipinski definition) is 1. The molecule has 1 aromatic carbocycles. The molecule has 0 aliphatic rings. The number of amides is 1. The molecule has 0 bridgehead atoms. The van der Waals surface area contributed by atoms with E-state index in [-0.39, 0.29) is 16.6 Å². The Morgan fingerprint density at radius 1 is 1.30 bits per heavy atom. The second-order valence-corrected chi connectivity index (χ2v) is 7.46. The average Bonchev–Trinajstić information content (AvgIpc) is 2.55. The Balaban J connectivity index is 2.29. The van der Waals surface area contributed by atoms with E-state index in [1.807, 2.05) is 0 Å². The molecule has 0 saturated heterocycles. The highest BCUT2D eigenvalue weighted by Gasteiger charge is 2.20. The quantitative estimate of drug-likeness (QED) is 0.774. The minimum atomic E-state index is -3.59. The molecule has 1 heterocycles. The van der Waals surface area contributed by atoms with Gasteiger partial charge in [0.15, 0.2) is 0 Å². The molecule has 1 aromatic heterocycles. The van der Waals surface area contributed by atoms with Gasteiger partial charge in [-0.1, -0.05) is 6.92 Å². The van der Waals surface area contributed by atoms with Gasteiger partial charge in [-0.05, 0) is 40.2 Å². The molecule has 122 valence electrons. The van der Waals surface area contributed by atoms with Gasteiger partial charge in [0.1, 0.15) is 11.4 Å². The Kier molecular flexibility index (Phi) is 5.32. The first-order chi connectivity index (χ1) is 10.9. The number of aromatic nitrogens is 2. The third kappa shape index (κ3) is 4.05. The number of nitrogens with one attached hydrogen (secondary N) is 1. The third-order valence-electron chi connectivity index (χ3n) is 2.94. The van der Waals surface area contributed by atoms with E-state index >= 15 is 0 Å². The van der Waals surface area contributed by atoms with Gasteiger partial charge in [0.05, 0.1) is 17.3 Å². The van der Waals surface area contributed by atoms with Crippen molar-refractivity contribution < 1.29 is 17.9 Å². The largest absolute Gasteiger partial charge is 0.497 e. The van der Waals surface area contributed by atoms with Crippen LogP contribution in [0.5, 0.6) is 5.75 Å². The van der Waals surface area contributed by atoms with Crippen LogP contribution in [-0.4, -0.2) is 37.2 Å². The molecular formula is C14H14BrN3O4S. The molecular weight excluding hydrogens is 386 g/mol. The highest BCUT2D eigenvalue weighted by Crippen LogP contribution is 2.19. The van der Waals surface area contributed by atoms with Gasteiger partial charge < -0.3 is 10.1 Å². The second kappa shape index (κ2) is 7.05. The first kappa shape index (κ1) is 17.4. The molecule has 0 radical (unpaired) electrons. The van der Waals surface area contributed by atoms with E-state index < -0.39 is 15.7 Å². The Morgan fingerprint density at radius 2 is 1.96 bits per heavy atom. The fourth-order valence-electron chi connectivity index (χ4n) is 1.65. The van der Waals surface area contributed by atoms with Gasteiger partial charge in [0.25, 0.3) is 5.91 Å². The molecule has 0 spiro atoms. The predicted molar refractivity (Wildman–Crippen MR) is 88.4 cm³/mol. The molecule has 0 fully saturated rings. The lowest BCUT2D eigenvalue weighted by molar-refractivity contribution is 0.102. The van der Waals surface area contributed by atoms with Crippen LogP contribution in [0.3, 0.4) is 0 Å². The van der Waals surface area contributed by atoms with E-state index in [4.69, 9.17) is 4.74 Å². The highest BCUT2D eigenvalue weighted by molar-refractivity contribution is 9.10. The van der Waals surface area contributed by atoms with E-state index in [9.17, 15) is 13.2 Å². The first-order valence-corrected chi connectivity index (χ1v) is 9.02. The van der Waals surface area contributed by atoms with E-state index in [2.05, 4.69) is 31.2 Å². The number of hydrogen-bond acceptors (Lipinski definition) is 6. The second-order valence-electron chi connectivity index (χ2n) is 4.44. The van der Waals surface area contributed by atoms with Crippen molar-refractivity contribution >= 4 is 37.4 Å². The summed E-state index contributed by atoms with van der Waals surface area (Å²) in [5.74, 6) is -0.0340. The van der Waals surface area contributed by atoms with Gasteiger partial charge in [-0.3, -0.25) is 4.79 Å². The number of halogens is 1.